The normalized spacial score (nSPS) is 12.1. The van der Waals surface area contributed by atoms with Gasteiger partial charge >= 0.3 is 0 Å². The van der Waals surface area contributed by atoms with E-state index in [4.69, 9.17) is 9.72 Å². The van der Waals surface area contributed by atoms with Gasteiger partial charge in [0.05, 0.1) is 12.3 Å². The summed E-state index contributed by atoms with van der Waals surface area (Å²) in [4.78, 5) is 5.07. The quantitative estimate of drug-likeness (QED) is 0.527. The molecule has 0 spiro atoms. The van der Waals surface area contributed by atoms with E-state index >= 15 is 0 Å². The van der Waals surface area contributed by atoms with Gasteiger partial charge in [-0.15, -0.1) is 0 Å². The molecule has 0 bridgehead atoms. The van der Waals surface area contributed by atoms with Crippen molar-refractivity contribution in [1.29, 1.82) is 0 Å². The molecule has 2 rings (SSSR count). The van der Waals surface area contributed by atoms with Crippen molar-refractivity contribution in [3.63, 3.8) is 0 Å². The van der Waals surface area contributed by atoms with Crippen LogP contribution in [0.25, 0.3) is 17.2 Å². The van der Waals surface area contributed by atoms with Crippen molar-refractivity contribution in [1.82, 2.24) is 4.98 Å². The molecule has 146 valence electrons. The Labute approximate surface area is 163 Å². The first-order valence-corrected chi connectivity index (χ1v) is 9.75. The van der Waals surface area contributed by atoms with Gasteiger partial charge in [0.1, 0.15) is 5.82 Å². The fourth-order valence-electron chi connectivity index (χ4n) is 3.29. The maximum absolute atomic E-state index is 13.6. The summed E-state index contributed by atoms with van der Waals surface area (Å²) in [6, 6.07) is 6.74. The minimum Gasteiger partial charge on any atom is -0.380 e. The van der Waals surface area contributed by atoms with Gasteiger partial charge in [-0.3, -0.25) is 4.98 Å². The van der Waals surface area contributed by atoms with Gasteiger partial charge in [-0.05, 0) is 41.0 Å². The molecular weight excluding hydrogens is 337 g/mol. The number of hydrogen-bond donors (Lipinski definition) is 0. The summed E-state index contributed by atoms with van der Waals surface area (Å²) in [6.07, 6.45) is 4.37. The molecule has 0 atom stereocenters. The van der Waals surface area contributed by atoms with E-state index in [2.05, 4.69) is 53.7 Å². The van der Waals surface area contributed by atoms with E-state index < -0.39 is 0 Å². The summed E-state index contributed by atoms with van der Waals surface area (Å²) in [5.74, 6) is 0.760. The zero-order chi connectivity index (χ0) is 20.1. The van der Waals surface area contributed by atoms with Crippen LogP contribution in [0.3, 0.4) is 0 Å². The molecule has 1 aromatic heterocycles. The Balaban J connectivity index is 2.92. The van der Waals surface area contributed by atoms with Gasteiger partial charge in [-0.2, -0.15) is 0 Å². The Hall–Kier alpha value is -2.00. The Morgan fingerprint density at radius 1 is 0.963 bits per heavy atom. The molecule has 0 aliphatic heterocycles. The Morgan fingerprint density at radius 3 is 2.04 bits per heavy atom. The van der Waals surface area contributed by atoms with E-state index in [0.29, 0.717) is 12.5 Å². The first-order valence-electron chi connectivity index (χ1n) is 9.75. The Kier molecular flexibility index (Phi) is 7.32. The van der Waals surface area contributed by atoms with E-state index in [1.807, 2.05) is 12.1 Å². The third-order valence-corrected chi connectivity index (χ3v) is 4.56. The number of pyridine rings is 1. The molecule has 0 fully saturated rings. The maximum Gasteiger partial charge on any atom is 0.123 e. The lowest BCUT2D eigenvalue weighted by atomic mass is 9.87. The molecule has 27 heavy (non-hydrogen) atoms. The molecule has 0 N–H and O–H groups in total. The largest absolute Gasteiger partial charge is 0.380 e. The van der Waals surface area contributed by atoms with E-state index in [-0.39, 0.29) is 17.7 Å². The molecule has 0 radical (unpaired) electrons. The molecule has 2 nitrogen and oxygen atoms in total. The van der Waals surface area contributed by atoms with Crippen molar-refractivity contribution in [3.05, 3.63) is 58.7 Å². The van der Waals surface area contributed by atoms with Crippen LogP contribution in [-0.2, 0) is 11.3 Å². The number of halogens is 1. The minimum absolute atomic E-state index is 0.228. The number of hydrogen-bond acceptors (Lipinski definition) is 2. The summed E-state index contributed by atoms with van der Waals surface area (Å²) >= 11 is 0. The number of ether oxygens (including phenoxy) is 1. The lowest BCUT2D eigenvalue weighted by Gasteiger charge is -2.23. The summed E-state index contributed by atoms with van der Waals surface area (Å²) in [5.41, 5.74) is 6.44. The van der Waals surface area contributed by atoms with Gasteiger partial charge in [0, 0.05) is 23.9 Å². The number of aromatic nitrogens is 1. The molecule has 1 heterocycles. The molecule has 0 saturated carbocycles. The maximum atomic E-state index is 13.6. The molecule has 1 aromatic carbocycles. The van der Waals surface area contributed by atoms with Gasteiger partial charge < -0.3 is 4.74 Å². The number of nitrogens with zero attached hydrogens (tertiary/aromatic N) is 1. The smallest absolute Gasteiger partial charge is 0.123 e. The van der Waals surface area contributed by atoms with Crippen LogP contribution in [0.4, 0.5) is 4.39 Å². The fourth-order valence-corrected chi connectivity index (χ4v) is 3.29. The van der Waals surface area contributed by atoms with Crippen molar-refractivity contribution >= 4 is 6.08 Å². The second-order valence-corrected chi connectivity index (χ2v) is 8.00. The second kappa shape index (κ2) is 9.27. The van der Waals surface area contributed by atoms with Crippen LogP contribution in [-0.4, -0.2) is 12.1 Å². The third-order valence-electron chi connectivity index (χ3n) is 4.56. The highest BCUT2D eigenvalue weighted by Gasteiger charge is 2.22. The van der Waals surface area contributed by atoms with Crippen LogP contribution in [0.5, 0.6) is 0 Å². The van der Waals surface area contributed by atoms with Gasteiger partial charge in [0.25, 0.3) is 0 Å². The predicted octanol–water partition coefficient (Wildman–Crippen LogP) is 6.95. The number of rotatable bonds is 7. The molecule has 0 aliphatic carbocycles. The highest BCUT2D eigenvalue weighted by molar-refractivity contribution is 5.80. The molecule has 3 heteroatoms. The third kappa shape index (κ3) is 5.04. The second-order valence-electron chi connectivity index (χ2n) is 8.00. The molecular formula is C24H32FNO. The van der Waals surface area contributed by atoms with Crippen LogP contribution in [0.1, 0.15) is 75.9 Å². The Bertz CT molecular complexity index is 789. The topological polar surface area (TPSA) is 22.1 Å². The van der Waals surface area contributed by atoms with Gasteiger partial charge in [0.2, 0.25) is 0 Å². The van der Waals surface area contributed by atoms with Crippen LogP contribution in [0.2, 0.25) is 0 Å². The average molecular weight is 370 g/mol. The van der Waals surface area contributed by atoms with Crippen LogP contribution < -0.4 is 0 Å². The van der Waals surface area contributed by atoms with E-state index in [9.17, 15) is 4.39 Å². The van der Waals surface area contributed by atoms with Crippen molar-refractivity contribution in [3.8, 4) is 11.1 Å². The van der Waals surface area contributed by atoms with E-state index in [0.717, 1.165) is 33.6 Å². The summed E-state index contributed by atoms with van der Waals surface area (Å²) < 4.78 is 19.1. The number of allylic oxidation sites excluding steroid dienone is 1. The van der Waals surface area contributed by atoms with E-state index in [1.165, 1.54) is 12.1 Å². The first kappa shape index (κ1) is 21.3. The number of benzene rings is 1. The fraction of sp³-hybridized carbons (Fsp3) is 0.458. The van der Waals surface area contributed by atoms with E-state index in [1.54, 1.807) is 7.11 Å². The monoisotopic (exact) mass is 369 g/mol. The zero-order valence-electron chi connectivity index (χ0n) is 17.6. The lowest BCUT2D eigenvalue weighted by Crippen LogP contribution is -2.11. The van der Waals surface area contributed by atoms with Gasteiger partial charge in [-0.25, -0.2) is 4.39 Å². The molecule has 0 unspecified atom stereocenters. The summed E-state index contributed by atoms with van der Waals surface area (Å²) in [6.45, 7) is 13.5. The van der Waals surface area contributed by atoms with Gasteiger partial charge in [0.15, 0.2) is 0 Å². The summed E-state index contributed by atoms with van der Waals surface area (Å²) in [7, 11) is 1.71. The standard InChI is InChI=1S/C24H32FNO/c1-15(2)8-13-20-22(18-9-11-19(25)12-10-18)21(14-27-7)24(17(5)6)26-23(20)16(3)4/h8-13,15-17H,14H2,1-7H3/b13-8+. The molecule has 0 aliphatic rings. The number of methoxy groups -OCH3 is 1. The van der Waals surface area contributed by atoms with Crippen molar-refractivity contribution in [2.24, 2.45) is 5.92 Å². The highest BCUT2D eigenvalue weighted by Crippen LogP contribution is 2.37. The van der Waals surface area contributed by atoms with Crippen molar-refractivity contribution in [2.75, 3.05) is 7.11 Å². The Morgan fingerprint density at radius 2 is 1.56 bits per heavy atom. The van der Waals surface area contributed by atoms with Crippen molar-refractivity contribution < 1.29 is 9.13 Å². The first-order chi connectivity index (χ1) is 12.8. The lowest BCUT2D eigenvalue weighted by molar-refractivity contribution is 0.184. The molecule has 0 saturated heterocycles. The SMILES string of the molecule is COCc1c(C(C)C)nc(C(C)C)c(/C=C/C(C)C)c1-c1ccc(F)cc1. The van der Waals surface area contributed by atoms with Crippen molar-refractivity contribution in [2.45, 2.75) is 60.0 Å². The van der Waals surface area contributed by atoms with Crippen LogP contribution >= 0.6 is 0 Å². The predicted molar refractivity (Wildman–Crippen MR) is 112 cm³/mol. The van der Waals surface area contributed by atoms with Crippen LogP contribution in [0, 0.1) is 11.7 Å². The molecule has 0 amide bonds. The average Bonchev–Trinajstić information content (AvgIpc) is 2.60. The minimum atomic E-state index is -0.228. The zero-order valence-corrected chi connectivity index (χ0v) is 17.6. The van der Waals surface area contributed by atoms with Crippen LogP contribution in [0.15, 0.2) is 30.3 Å². The van der Waals surface area contributed by atoms with Gasteiger partial charge in [-0.1, -0.05) is 65.8 Å². The molecule has 2 aromatic rings. The highest BCUT2D eigenvalue weighted by atomic mass is 19.1. The summed E-state index contributed by atoms with van der Waals surface area (Å²) in [5, 5.41) is 0.